The van der Waals surface area contributed by atoms with Crippen molar-refractivity contribution in [3.8, 4) is 11.4 Å². The lowest BCUT2D eigenvalue weighted by molar-refractivity contribution is -0.141. The number of nitrogens with zero attached hydrogens (tertiary/aromatic N) is 4. The van der Waals surface area contributed by atoms with Crippen LogP contribution in [0.15, 0.2) is 47.6 Å². The average Bonchev–Trinajstić information content (AvgIpc) is 3.54. The number of hydrogen-bond acceptors (Lipinski definition) is 8. The average molecular weight is 544 g/mol. The predicted octanol–water partition coefficient (Wildman–Crippen LogP) is 4.22. The number of pyridine rings is 1. The molecule has 2 aliphatic heterocycles. The third-order valence-corrected chi connectivity index (χ3v) is 7.11. The Morgan fingerprint density at radius 1 is 1.16 bits per heavy atom. The molecule has 3 N–H and O–H groups in total. The van der Waals surface area contributed by atoms with Crippen LogP contribution in [0.25, 0.3) is 17.5 Å². The van der Waals surface area contributed by atoms with Crippen molar-refractivity contribution in [1.29, 1.82) is 0 Å². The van der Waals surface area contributed by atoms with Crippen molar-refractivity contribution in [2.24, 2.45) is 5.92 Å². The van der Waals surface area contributed by atoms with Gasteiger partial charge in [-0.2, -0.15) is 13.2 Å². The number of hydrogen-bond donors (Lipinski definition) is 3. The summed E-state index contributed by atoms with van der Waals surface area (Å²) in [6, 6.07) is 7.84. The second-order valence-electron chi connectivity index (χ2n) is 9.02. The van der Waals surface area contributed by atoms with Gasteiger partial charge in [-0.25, -0.2) is 15.0 Å². The maximum Gasteiger partial charge on any atom is 0.433 e. The summed E-state index contributed by atoms with van der Waals surface area (Å²) in [6.45, 7) is 2.42. The molecule has 0 saturated carbocycles. The second-order valence-corrected chi connectivity index (χ2v) is 10.0. The fourth-order valence-corrected chi connectivity index (χ4v) is 5.04. The molecule has 0 radical (unpaired) electrons. The number of halogens is 3. The van der Waals surface area contributed by atoms with E-state index >= 15 is 0 Å². The number of amides is 2. The van der Waals surface area contributed by atoms with Crippen LogP contribution < -0.4 is 15.5 Å². The number of carbonyl (C=O) groups excluding carboxylic acids is 2. The topological polar surface area (TPSA) is 116 Å². The molecule has 0 spiro atoms. The lowest BCUT2D eigenvalue weighted by Crippen LogP contribution is -2.38. The maximum atomic E-state index is 13.4. The molecule has 9 nitrogen and oxygen atoms in total. The van der Waals surface area contributed by atoms with E-state index in [2.05, 4.69) is 35.5 Å². The minimum atomic E-state index is -4.53. The van der Waals surface area contributed by atoms with E-state index in [0.717, 1.165) is 43.8 Å². The van der Waals surface area contributed by atoms with Crippen LogP contribution in [0.2, 0.25) is 0 Å². The summed E-state index contributed by atoms with van der Waals surface area (Å²) in [7, 11) is 0. The standard InChI is InChI=1S/C25H24F3N7O2S/c26-25(27,28)21-11-16(10-19(33-21)18-2-1-6-30-18)14-29-13-15-4-8-35(9-5-15)23-31-7-3-17(32-23)12-20-22(36)34-24(37)38-20/h1-3,6-7,10-12,15,29-30H,4-5,8-9,13-14H2,(H,34,36,37)/b20-12-. The molecule has 5 rings (SSSR count). The number of nitrogens with one attached hydrogen (secondary N) is 3. The van der Waals surface area contributed by atoms with Crippen molar-refractivity contribution in [2.75, 3.05) is 24.5 Å². The van der Waals surface area contributed by atoms with Gasteiger partial charge in [0.2, 0.25) is 5.95 Å². The van der Waals surface area contributed by atoms with Gasteiger partial charge in [0.25, 0.3) is 11.1 Å². The summed E-state index contributed by atoms with van der Waals surface area (Å²) in [5.41, 5.74) is 0.939. The SMILES string of the molecule is O=C1NC(=O)/C(=C/c2ccnc(N3CCC(CNCc4cc(-c5ccc[nH]5)nc(C(F)(F)F)c4)CC3)n2)S1. The Bertz CT molecular complexity index is 1350. The van der Waals surface area contributed by atoms with Gasteiger partial charge in [0, 0.05) is 32.0 Å². The highest BCUT2D eigenvalue weighted by molar-refractivity contribution is 8.18. The Morgan fingerprint density at radius 3 is 2.66 bits per heavy atom. The summed E-state index contributed by atoms with van der Waals surface area (Å²) in [4.78, 5) is 41.1. The van der Waals surface area contributed by atoms with Crippen molar-refractivity contribution in [2.45, 2.75) is 25.6 Å². The van der Waals surface area contributed by atoms with Crippen LogP contribution in [0.5, 0.6) is 0 Å². The monoisotopic (exact) mass is 543 g/mol. The van der Waals surface area contributed by atoms with Gasteiger partial charge in [-0.3, -0.25) is 14.9 Å². The molecule has 38 heavy (non-hydrogen) atoms. The van der Waals surface area contributed by atoms with E-state index in [-0.39, 0.29) is 5.69 Å². The van der Waals surface area contributed by atoms with E-state index in [9.17, 15) is 22.8 Å². The van der Waals surface area contributed by atoms with Gasteiger partial charge >= 0.3 is 6.18 Å². The molecule has 0 bridgehead atoms. The number of piperidine rings is 1. The van der Waals surface area contributed by atoms with E-state index in [4.69, 9.17) is 0 Å². The molecule has 2 fully saturated rings. The van der Waals surface area contributed by atoms with Crippen LogP contribution in [0, 0.1) is 5.92 Å². The summed E-state index contributed by atoms with van der Waals surface area (Å²) < 4.78 is 40.2. The zero-order chi connectivity index (χ0) is 26.7. The Morgan fingerprint density at radius 2 is 1.97 bits per heavy atom. The van der Waals surface area contributed by atoms with Crippen molar-refractivity contribution >= 4 is 34.9 Å². The van der Waals surface area contributed by atoms with Crippen molar-refractivity contribution in [3.05, 3.63) is 64.6 Å². The number of aromatic amines is 1. The lowest BCUT2D eigenvalue weighted by atomic mass is 9.97. The minimum absolute atomic E-state index is 0.256. The number of alkyl halides is 3. The highest BCUT2D eigenvalue weighted by Crippen LogP contribution is 2.31. The highest BCUT2D eigenvalue weighted by Gasteiger charge is 2.33. The van der Waals surface area contributed by atoms with Crippen LogP contribution >= 0.6 is 11.8 Å². The summed E-state index contributed by atoms with van der Waals surface area (Å²) in [5, 5.41) is 5.12. The Balaban J connectivity index is 1.16. The van der Waals surface area contributed by atoms with Crippen LogP contribution in [0.3, 0.4) is 0 Å². The molecule has 0 atom stereocenters. The largest absolute Gasteiger partial charge is 0.433 e. The lowest BCUT2D eigenvalue weighted by Gasteiger charge is -2.32. The van der Waals surface area contributed by atoms with Gasteiger partial charge in [-0.1, -0.05) is 0 Å². The molecule has 2 aliphatic rings. The highest BCUT2D eigenvalue weighted by atomic mass is 32.2. The van der Waals surface area contributed by atoms with Gasteiger partial charge in [0.1, 0.15) is 5.69 Å². The van der Waals surface area contributed by atoms with Crippen LogP contribution in [-0.2, 0) is 17.5 Å². The van der Waals surface area contributed by atoms with Crippen molar-refractivity contribution < 1.29 is 22.8 Å². The van der Waals surface area contributed by atoms with Crippen LogP contribution in [-0.4, -0.2) is 50.7 Å². The molecule has 0 unspecified atom stereocenters. The minimum Gasteiger partial charge on any atom is -0.360 e. The van der Waals surface area contributed by atoms with Gasteiger partial charge < -0.3 is 15.2 Å². The Hall–Kier alpha value is -3.71. The number of anilines is 1. The zero-order valence-electron chi connectivity index (χ0n) is 20.1. The molecule has 3 aromatic rings. The molecule has 0 aromatic carbocycles. The number of aromatic nitrogens is 4. The quantitative estimate of drug-likeness (QED) is 0.380. The smallest absolute Gasteiger partial charge is 0.360 e. The second kappa shape index (κ2) is 11.0. The third-order valence-electron chi connectivity index (χ3n) is 6.29. The van der Waals surface area contributed by atoms with E-state index in [0.29, 0.717) is 46.8 Å². The van der Waals surface area contributed by atoms with Gasteiger partial charge in [0.15, 0.2) is 0 Å². The fourth-order valence-electron chi connectivity index (χ4n) is 4.37. The fraction of sp³-hybridized carbons (Fsp3) is 0.320. The third kappa shape index (κ3) is 6.22. The van der Waals surface area contributed by atoms with Gasteiger partial charge in [-0.15, -0.1) is 0 Å². The van der Waals surface area contributed by atoms with Crippen molar-refractivity contribution in [3.63, 3.8) is 0 Å². The predicted molar refractivity (Wildman–Crippen MR) is 137 cm³/mol. The van der Waals surface area contributed by atoms with E-state index in [1.807, 2.05) is 0 Å². The van der Waals surface area contributed by atoms with Gasteiger partial charge in [0.05, 0.1) is 22.0 Å². The molecule has 2 saturated heterocycles. The van der Waals surface area contributed by atoms with E-state index < -0.39 is 23.0 Å². The molecular formula is C25H24F3N7O2S. The summed E-state index contributed by atoms with van der Waals surface area (Å²) in [5.74, 6) is 0.470. The normalized spacial score (nSPS) is 17.9. The molecular weight excluding hydrogens is 519 g/mol. The number of H-pyrrole nitrogens is 1. The summed E-state index contributed by atoms with van der Waals surface area (Å²) >= 11 is 0.838. The van der Waals surface area contributed by atoms with E-state index in [1.54, 1.807) is 42.7 Å². The van der Waals surface area contributed by atoms with Crippen LogP contribution in [0.4, 0.5) is 23.9 Å². The van der Waals surface area contributed by atoms with Crippen LogP contribution in [0.1, 0.15) is 29.8 Å². The first-order valence-electron chi connectivity index (χ1n) is 12.0. The maximum absolute atomic E-state index is 13.4. The molecule has 5 heterocycles. The molecule has 2 amide bonds. The Labute approximate surface area is 220 Å². The molecule has 0 aliphatic carbocycles. The first-order valence-corrected chi connectivity index (χ1v) is 12.8. The number of carbonyl (C=O) groups is 2. The molecule has 13 heteroatoms. The first kappa shape index (κ1) is 25.9. The van der Waals surface area contributed by atoms with Gasteiger partial charge in [-0.05, 0) is 79.0 Å². The first-order chi connectivity index (χ1) is 18.2. The number of rotatable bonds is 7. The van der Waals surface area contributed by atoms with Crippen molar-refractivity contribution in [1.82, 2.24) is 30.6 Å². The molecule has 3 aromatic heterocycles. The van der Waals surface area contributed by atoms with E-state index in [1.165, 1.54) is 0 Å². The number of thioether (sulfide) groups is 1. The zero-order valence-corrected chi connectivity index (χ0v) is 20.9. The summed E-state index contributed by atoms with van der Waals surface area (Å²) in [6.07, 6.45) is 2.04. The number of imide groups is 1. The molecule has 198 valence electrons. The Kier molecular flexibility index (Phi) is 7.47.